The molecule has 9 nitrogen and oxygen atoms in total. The third-order valence-electron chi connectivity index (χ3n) is 5.21. The SMILES string of the molecule is CN1C(=O)C(Cc2ccccc2)N(C)c2nc(Nc3ccc(S(=O)(=O)O)cc3)ncc21. The second-order valence-electron chi connectivity index (χ2n) is 7.24. The number of carbonyl (C=O) groups is 1. The van der Waals surface area contributed by atoms with E-state index in [1.54, 1.807) is 18.1 Å². The molecule has 0 aliphatic carbocycles. The molecule has 1 amide bonds. The van der Waals surface area contributed by atoms with Crippen molar-refractivity contribution in [2.24, 2.45) is 0 Å². The van der Waals surface area contributed by atoms with Crippen molar-refractivity contribution in [1.82, 2.24) is 9.97 Å². The van der Waals surface area contributed by atoms with Crippen molar-refractivity contribution in [2.45, 2.75) is 17.4 Å². The maximum Gasteiger partial charge on any atom is 0.294 e. The van der Waals surface area contributed by atoms with E-state index in [9.17, 15) is 13.2 Å². The fourth-order valence-electron chi connectivity index (χ4n) is 3.48. The van der Waals surface area contributed by atoms with Gasteiger partial charge in [0.05, 0.1) is 11.1 Å². The standard InChI is InChI=1S/C21H21N5O4S/c1-25-17(12-14-6-4-3-5-7-14)20(27)26(2)18-13-22-21(24-19(18)25)23-15-8-10-16(11-9-15)31(28,29)30/h3-11,13,17H,12H2,1-2H3,(H,22,23,24)(H,28,29,30). The number of rotatable bonds is 5. The number of carbonyl (C=O) groups excluding carboxylic acids is 1. The van der Waals surface area contributed by atoms with Crippen molar-refractivity contribution in [2.75, 3.05) is 29.2 Å². The molecule has 0 spiro atoms. The van der Waals surface area contributed by atoms with Crippen molar-refractivity contribution in [1.29, 1.82) is 0 Å². The number of anilines is 4. The Kier molecular flexibility index (Phi) is 5.34. The molecule has 1 aliphatic rings. The molecular formula is C21H21N5O4S. The average Bonchev–Trinajstić information content (AvgIpc) is 2.76. The van der Waals surface area contributed by atoms with Gasteiger partial charge in [0.2, 0.25) is 11.9 Å². The van der Waals surface area contributed by atoms with Crippen LogP contribution in [0.3, 0.4) is 0 Å². The zero-order valence-electron chi connectivity index (χ0n) is 16.9. The van der Waals surface area contributed by atoms with E-state index in [1.165, 1.54) is 24.3 Å². The smallest absolute Gasteiger partial charge is 0.294 e. The number of fused-ring (bicyclic) bond motifs is 1. The largest absolute Gasteiger partial charge is 0.345 e. The Hall–Kier alpha value is -3.50. The van der Waals surface area contributed by atoms with Crippen LogP contribution in [0.1, 0.15) is 5.56 Å². The predicted octanol–water partition coefficient (Wildman–Crippen LogP) is 2.49. The molecule has 0 fully saturated rings. The minimum Gasteiger partial charge on any atom is -0.345 e. The summed E-state index contributed by atoms with van der Waals surface area (Å²) >= 11 is 0. The highest BCUT2D eigenvalue weighted by Gasteiger charge is 2.36. The molecular weight excluding hydrogens is 418 g/mol. The van der Waals surface area contributed by atoms with Crippen molar-refractivity contribution in [3.63, 3.8) is 0 Å². The minimum atomic E-state index is -4.26. The van der Waals surface area contributed by atoms with E-state index < -0.39 is 16.2 Å². The van der Waals surface area contributed by atoms with Crippen LogP contribution in [0.4, 0.5) is 23.1 Å². The predicted molar refractivity (Wildman–Crippen MR) is 117 cm³/mol. The first kappa shape index (κ1) is 20.8. The number of hydrogen-bond donors (Lipinski definition) is 2. The average molecular weight is 439 g/mol. The van der Waals surface area contributed by atoms with Gasteiger partial charge >= 0.3 is 0 Å². The van der Waals surface area contributed by atoms with Gasteiger partial charge in [-0.15, -0.1) is 0 Å². The van der Waals surface area contributed by atoms with Crippen LogP contribution in [-0.4, -0.2) is 49.0 Å². The van der Waals surface area contributed by atoms with Gasteiger partial charge in [0.15, 0.2) is 5.82 Å². The fourth-order valence-corrected chi connectivity index (χ4v) is 3.96. The van der Waals surface area contributed by atoms with Gasteiger partial charge in [-0.3, -0.25) is 9.35 Å². The van der Waals surface area contributed by atoms with E-state index in [4.69, 9.17) is 4.55 Å². The number of hydrogen-bond acceptors (Lipinski definition) is 7. The second-order valence-corrected chi connectivity index (χ2v) is 8.66. The van der Waals surface area contributed by atoms with E-state index in [0.717, 1.165) is 5.56 Å². The van der Waals surface area contributed by atoms with Gasteiger partial charge in [-0.25, -0.2) is 4.98 Å². The van der Waals surface area contributed by atoms with Crippen LogP contribution in [0.5, 0.6) is 0 Å². The number of benzene rings is 2. The monoisotopic (exact) mass is 439 g/mol. The highest BCUT2D eigenvalue weighted by atomic mass is 32.2. The molecule has 3 aromatic rings. The van der Waals surface area contributed by atoms with Gasteiger partial charge in [-0.05, 0) is 29.8 Å². The molecule has 0 saturated heterocycles. The van der Waals surface area contributed by atoms with Gasteiger partial charge in [0, 0.05) is 26.2 Å². The third kappa shape index (κ3) is 4.21. The Balaban J connectivity index is 1.60. The fraction of sp³-hybridized carbons (Fsp3) is 0.190. The van der Waals surface area contributed by atoms with Gasteiger partial charge in [0.25, 0.3) is 10.1 Å². The Morgan fingerprint density at radius 3 is 2.39 bits per heavy atom. The molecule has 160 valence electrons. The lowest BCUT2D eigenvalue weighted by atomic mass is 10.0. The lowest BCUT2D eigenvalue weighted by Crippen LogP contribution is -2.52. The Morgan fingerprint density at radius 1 is 1.06 bits per heavy atom. The van der Waals surface area contributed by atoms with Gasteiger partial charge in [0.1, 0.15) is 11.7 Å². The number of aromatic nitrogens is 2. The Bertz CT molecular complexity index is 1220. The van der Waals surface area contributed by atoms with E-state index in [1.807, 2.05) is 42.3 Å². The molecule has 1 atom stereocenters. The molecule has 4 rings (SSSR count). The summed E-state index contributed by atoms with van der Waals surface area (Å²) in [6.45, 7) is 0. The first-order valence-corrected chi connectivity index (χ1v) is 10.9. The van der Waals surface area contributed by atoms with Gasteiger partial charge in [-0.1, -0.05) is 30.3 Å². The van der Waals surface area contributed by atoms with Crippen molar-refractivity contribution in [3.8, 4) is 0 Å². The number of nitrogens with one attached hydrogen (secondary N) is 1. The van der Waals surface area contributed by atoms with Crippen LogP contribution < -0.4 is 15.1 Å². The molecule has 2 N–H and O–H groups in total. The summed E-state index contributed by atoms with van der Waals surface area (Å²) in [5.74, 6) is 0.866. The highest BCUT2D eigenvalue weighted by molar-refractivity contribution is 7.85. The Labute approximate surface area is 180 Å². The van der Waals surface area contributed by atoms with Crippen LogP contribution in [0.15, 0.2) is 65.7 Å². The number of amides is 1. The topological polar surface area (TPSA) is 116 Å². The van der Waals surface area contributed by atoms with Crippen LogP contribution in [0.25, 0.3) is 0 Å². The summed E-state index contributed by atoms with van der Waals surface area (Å²) in [5.41, 5.74) is 2.20. The molecule has 2 heterocycles. The summed E-state index contributed by atoms with van der Waals surface area (Å²) in [7, 11) is -0.725. The molecule has 1 aliphatic heterocycles. The van der Waals surface area contributed by atoms with Crippen molar-refractivity contribution >= 4 is 39.2 Å². The molecule has 0 saturated carbocycles. The molecule has 1 aromatic heterocycles. The second kappa shape index (κ2) is 7.97. The summed E-state index contributed by atoms with van der Waals surface area (Å²) in [4.78, 5) is 25.0. The Morgan fingerprint density at radius 2 is 1.74 bits per heavy atom. The third-order valence-corrected chi connectivity index (χ3v) is 6.08. The van der Waals surface area contributed by atoms with E-state index in [-0.39, 0.29) is 10.8 Å². The van der Waals surface area contributed by atoms with Crippen molar-refractivity contribution in [3.05, 3.63) is 66.4 Å². The van der Waals surface area contributed by atoms with Gasteiger partial charge in [-0.2, -0.15) is 13.4 Å². The lowest BCUT2D eigenvalue weighted by molar-refractivity contribution is -0.119. The molecule has 0 bridgehead atoms. The quantitative estimate of drug-likeness (QED) is 0.583. The first-order chi connectivity index (χ1) is 14.7. The van der Waals surface area contributed by atoms with Crippen molar-refractivity contribution < 1.29 is 17.8 Å². The lowest BCUT2D eigenvalue weighted by Gasteiger charge is -2.38. The first-order valence-electron chi connectivity index (χ1n) is 9.50. The molecule has 1 unspecified atom stereocenters. The summed E-state index contributed by atoms with van der Waals surface area (Å²) < 4.78 is 31.5. The summed E-state index contributed by atoms with van der Waals surface area (Å²) in [5, 5.41) is 3.02. The van der Waals surface area contributed by atoms with E-state index in [2.05, 4.69) is 15.3 Å². The van der Waals surface area contributed by atoms with Crippen LogP contribution >= 0.6 is 0 Å². The number of nitrogens with zero attached hydrogens (tertiary/aromatic N) is 4. The zero-order chi connectivity index (χ0) is 22.2. The summed E-state index contributed by atoms with van der Waals surface area (Å²) in [6.07, 6.45) is 2.12. The van der Waals surface area contributed by atoms with Gasteiger partial charge < -0.3 is 15.1 Å². The zero-order valence-corrected chi connectivity index (χ0v) is 17.7. The highest BCUT2D eigenvalue weighted by Crippen LogP contribution is 2.34. The maximum atomic E-state index is 12.9. The molecule has 0 radical (unpaired) electrons. The normalized spacial score (nSPS) is 16.2. The molecule has 31 heavy (non-hydrogen) atoms. The van der Waals surface area contributed by atoms with Crippen LogP contribution in [0.2, 0.25) is 0 Å². The molecule has 10 heteroatoms. The summed E-state index contributed by atoms with van der Waals surface area (Å²) in [6, 6.07) is 15.0. The molecule has 2 aromatic carbocycles. The van der Waals surface area contributed by atoms with E-state index in [0.29, 0.717) is 29.6 Å². The maximum absolute atomic E-state index is 12.9. The minimum absolute atomic E-state index is 0.0380. The van der Waals surface area contributed by atoms with E-state index >= 15 is 0 Å². The van der Waals surface area contributed by atoms with Crippen LogP contribution in [0, 0.1) is 0 Å². The van der Waals surface area contributed by atoms with Crippen LogP contribution in [-0.2, 0) is 21.3 Å². The number of likely N-dealkylation sites (N-methyl/N-ethyl adjacent to an activating group) is 2.